The topological polar surface area (TPSA) is 33.7 Å². The molecule has 4 nitrogen and oxygen atoms in total. The van der Waals surface area contributed by atoms with Crippen molar-refractivity contribution in [1.82, 2.24) is 5.32 Å². The van der Waals surface area contributed by atoms with Crippen LogP contribution in [0, 0.1) is 0 Å². The average Bonchev–Trinajstić information content (AvgIpc) is 2.86. The minimum atomic E-state index is 0.683. The maximum absolute atomic E-state index is 5.92. The summed E-state index contributed by atoms with van der Waals surface area (Å²) in [7, 11) is 0. The van der Waals surface area contributed by atoms with Gasteiger partial charge in [-0.15, -0.1) is 0 Å². The Balaban J connectivity index is 1.47. The normalized spacial score (nSPS) is 16.6. The standard InChI is InChI=1S/C20H24N2O2/c1-2-4-18(5-3-1)23-12-10-22-11-13-24-20-15-17-7-9-21-8-6-16(17)14-19(20)22/h1-5,14-15,21H,6-13H2. The van der Waals surface area contributed by atoms with Gasteiger partial charge in [0, 0.05) is 0 Å². The summed E-state index contributed by atoms with van der Waals surface area (Å²) < 4.78 is 11.8. The Morgan fingerprint density at radius 1 is 1.04 bits per heavy atom. The molecule has 2 aliphatic rings. The summed E-state index contributed by atoms with van der Waals surface area (Å²) in [6, 6.07) is 14.6. The second-order valence-electron chi connectivity index (χ2n) is 6.34. The lowest BCUT2D eigenvalue weighted by molar-refractivity contribution is 0.288. The van der Waals surface area contributed by atoms with Gasteiger partial charge in [0.1, 0.15) is 24.7 Å². The molecule has 0 aliphatic carbocycles. The number of rotatable bonds is 4. The summed E-state index contributed by atoms with van der Waals surface area (Å²) in [5.41, 5.74) is 4.11. The fraction of sp³-hybridized carbons (Fsp3) is 0.400. The van der Waals surface area contributed by atoms with Gasteiger partial charge in [-0.3, -0.25) is 0 Å². The van der Waals surface area contributed by atoms with Crippen LogP contribution in [-0.4, -0.2) is 39.4 Å². The molecule has 2 heterocycles. The van der Waals surface area contributed by atoms with Gasteiger partial charge in [-0.05, 0) is 61.3 Å². The van der Waals surface area contributed by atoms with E-state index < -0.39 is 0 Å². The van der Waals surface area contributed by atoms with Crippen LogP contribution in [0.5, 0.6) is 11.5 Å². The first-order valence-corrected chi connectivity index (χ1v) is 8.82. The van der Waals surface area contributed by atoms with E-state index >= 15 is 0 Å². The number of hydrogen-bond acceptors (Lipinski definition) is 4. The van der Waals surface area contributed by atoms with Crippen LogP contribution in [-0.2, 0) is 12.8 Å². The van der Waals surface area contributed by atoms with Gasteiger partial charge in [0.25, 0.3) is 0 Å². The van der Waals surface area contributed by atoms with E-state index in [1.165, 1.54) is 16.8 Å². The van der Waals surface area contributed by atoms with Gasteiger partial charge in [0.05, 0.1) is 18.8 Å². The van der Waals surface area contributed by atoms with Gasteiger partial charge in [-0.2, -0.15) is 0 Å². The Morgan fingerprint density at radius 2 is 1.83 bits per heavy atom. The molecule has 126 valence electrons. The van der Waals surface area contributed by atoms with Crippen molar-refractivity contribution in [2.24, 2.45) is 0 Å². The molecule has 2 aliphatic heterocycles. The van der Waals surface area contributed by atoms with Crippen molar-refractivity contribution in [2.45, 2.75) is 12.8 Å². The quantitative estimate of drug-likeness (QED) is 0.937. The number of fused-ring (bicyclic) bond motifs is 2. The second-order valence-corrected chi connectivity index (χ2v) is 6.34. The highest BCUT2D eigenvalue weighted by atomic mass is 16.5. The Bertz CT molecular complexity index is 688. The van der Waals surface area contributed by atoms with Crippen LogP contribution in [0.25, 0.3) is 0 Å². The monoisotopic (exact) mass is 324 g/mol. The van der Waals surface area contributed by atoms with Gasteiger partial charge >= 0.3 is 0 Å². The summed E-state index contributed by atoms with van der Waals surface area (Å²) in [5.74, 6) is 1.96. The van der Waals surface area contributed by atoms with E-state index in [1.54, 1.807) is 0 Å². The van der Waals surface area contributed by atoms with Gasteiger partial charge in [0.15, 0.2) is 0 Å². The van der Waals surface area contributed by atoms with E-state index in [-0.39, 0.29) is 0 Å². The van der Waals surface area contributed by atoms with Crippen molar-refractivity contribution < 1.29 is 9.47 Å². The number of ether oxygens (including phenoxy) is 2. The molecule has 0 saturated heterocycles. The molecule has 0 amide bonds. The molecule has 0 aromatic heterocycles. The lowest BCUT2D eigenvalue weighted by atomic mass is 10.0. The fourth-order valence-corrected chi connectivity index (χ4v) is 3.46. The molecule has 0 radical (unpaired) electrons. The smallest absolute Gasteiger partial charge is 0.142 e. The summed E-state index contributed by atoms with van der Waals surface area (Å²) in [4.78, 5) is 2.39. The predicted molar refractivity (Wildman–Crippen MR) is 96.4 cm³/mol. The molecule has 0 fully saturated rings. The lowest BCUT2D eigenvalue weighted by Gasteiger charge is -2.32. The van der Waals surface area contributed by atoms with Gasteiger partial charge < -0.3 is 19.7 Å². The molecule has 0 unspecified atom stereocenters. The average molecular weight is 324 g/mol. The largest absolute Gasteiger partial charge is 0.492 e. The van der Waals surface area contributed by atoms with E-state index in [2.05, 4.69) is 22.3 Å². The van der Waals surface area contributed by atoms with Gasteiger partial charge in [-0.1, -0.05) is 18.2 Å². The number of nitrogens with one attached hydrogen (secondary N) is 1. The zero-order chi connectivity index (χ0) is 16.2. The van der Waals surface area contributed by atoms with Gasteiger partial charge in [-0.25, -0.2) is 0 Å². The predicted octanol–water partition coefficient (Wildman–Crippen LogP) is 2.65. The van der Waals surface area contributed by atoms with Crippen molar-refractivity contribution in [2.75, 3.05) is 44.3 Å². The maximum atomic E-state index is 5.92. The molecule has 0 spiro atoms. The second kappa shape index (κ2) is 7.14. The van der Waals surface area contributed by atoms with Crippen LogP contribution in [0.15, 0.2) is 42.5 Å². The minimum absolute atomic E-state index is 0.683. The maximum Gasteiger partial charge on any atom is 0.142 e. The molecule has 4 heteroatoms. The molecular weight excluding hydrogens is 300 g/mol. The van der Waals surface area contributed by atoms with Gasteiger partial charge in [0.2, 0.25) is 0 Å². The molecule has 2 aromatic rings. The highest BCUT2D eigenvalue weighted by Gasteiger charge is 2.21. The Labute approximate surface area is 143 Å². The molecule has 1 N–H and O–H groups in total. The Hall–Kier alpha value is -2.20. The molecular formula is C20H24N2O2. The van der Waals surface area contributed by atoms with Crippen molar-refractivity contribution in [1.29, 1.82) is 0 Å². The highest BCUT2D eigenvalue weighted by Crippen LogP contribution is 2.35. The molecule has 0 atom stereocenters. The number of nitrogens with zero attached hydrogens (tertiary/aromatic N) is 1. The molecule has 2 aromatic carbocycles. The summed E-state index contributed by atoms with van der Waals surface area (Å²) in [6.45, 7) is 5.34. The van der Waals surface area contributed by atoms with Crippen molar-refractivity contribution in [3.8, 4) is 11.5 Å². The Morgan fingerprint density at radius 3 is 2.67 bits per heavy atom. The van der Waals surface area contributed by atoms with Crippen LogP contribution in [0.2, 0.25) is 0 Å². The summed E-state index contributed by atoms with van der Waals surface area (Å²) in [5, 5.41) is 3.47. The first-order valence-electron chi connectivity index (χ1n) is 8.82. The van der Waals surface area contributed by atoms with E-state index in [1.807, 2.05) is 30.3 Å². The zero-order valence-corrected chi connectivity index (χ0v) is 14.0. The van der Waals surface area contributed by atoms with Crippen molar-refractivity contribution >= 4 is 5.69 Å². The van der Waals surface area contributed by atoms with E-state index in [0.717, 1.165) is 57.1 Å². The number of hydrogen-bond donors (Lipinski definition) is 1. The molecule has 24 heavy (non-hydrogen) atoms. The number of anilines is 1. The Kier molecular flexibility index (Phi) is 4.56. The number of para-hydroxylation sites is 1. The number of benzene rings is 2. The SMILES string of the molecule is c1ccc(OCCN2CCOc3cc4c(cc32)CCNCC4)cc1. The first-order chi connectivity index (χ1) is 11.9. The third-order valence-electron chi connectivity index (χ3n) is 4.76. The van der Waals surface area contributed by atoms with E-state index in [9.17, 15) is 0 Å². The third kappa shape index (κ3) is 3.34. The summed E-state index contributed by atoms with van der Waals surface area (Å²) >= 11 is 0. The van der Waals surface area contributed by atoms with Crippen molar-refractivity contribution in [3.63, 3.8) is 0 Å². The lowest BCUT2D eigenvalue weighted by Crippen LogP contribution is -2.36. The molecule has 0 saturated carbocycles. The molecule has 0 bridgehead atoms. The fourth-order valence-electron chi connectivity index (χ4n) is 3.46. The van der Waals surface area contributed by atoms with Crippen LogP contribution in [0.3, 0.4) is 0 Å². The first kappa shape index (κ1) is 15.3. The third-order valence-corrected chi connectivity index (χ3v) is 4.76. The highest BCUT2D eigenvalue weighted by molar-refractivity contribution is 5.63. The van der Waals surface area contributed by atoms with E-state index in [4.69, 9.17) is 9.47 Å². The van der Waals surface area contributed by atoms with E-state index in [0.29, 0.717) is 6.61 Å². The minimum Gasteiger partial charge on any atom is -0.492 e. The zero-order valence-electron chi connectivity index (χ0n) is 14.0. The van der Waals surface area contributed by atoms with Crippen molar-refractivity contribution in [3.05, 3.63) is 53.6 Å². The van der Waals surface area contributed by atoms with Crippen LogP contribution >= 0.6 is 0 Å². The summed E-state index contributed by atoms with van der Waals surface area (Å²) in [6.07, 6.45) is 2.18. The van der Waals surface area contributed by atoms with Crippen LogP contribution in [0.4, 0.5) is 5.69 Å². The molecule has 4 rings (SSSR count). The van der Waals surface area contributed by atoms with Crippen LogP contribution in [0.1, 0.15) is 11.1 Å². The van der Waals surface area contributed by atoms with Crippen LogP contribution < -0.4 is 19.7 Å².